The van der Waals surface area contributed by atoms with Gasteiger partial charge in [0.25, 0.3) is 0 Å². The Morgan fingerprint density at radius 2 is 1.83 bits per heavy atom. The van der Waals surface area contributed by atoms with Crippen molar-refractivity contribution in [3.8, 4) is 5.75 Å². The lowest BCUT2D eigenvalue weighted by molar-refractivity contribution is -0.896. The second kappa shape index (κ2) is 8.98. The van der Waals surface area contributed by atoms with E-state index in [4.69, 9.17) is 4.74 Å². The summed E-state index contributed by atoms with van der Waals surface area (Å²) in [5.74, 6) is 1.00. The fourth-order valence-electron chi connectivity index (χ4n) is 2.15. The van der Waals surface area contributed by atoms with E-state index >= 15 is 0 Å². The van der Waals surface area contributed by atoms with Gasteiger partial charge in [-0.15, -0.1) is 0 Å². The molecule has 1 rings (SSSR count). The first kappa shape index (κ1) is 15.0. The van der Waals surface area contributed by atoms with Gasteiger partial charge in [-0.3, -0.25) is 0 Å². The Morgan fingerprint density at radius 3 is 2.50 bits per heavy atom. The third-order valence-corrected chi connectivity index (χ3v) is 3.43. The van der Waals surface area contributed by atoms with Crippen LogP contribution in [-0.4, -0.2) is 26.2 Å². The molecule has 102 valence electrons. The summed E-state index contributed by atoms with van der Waals surface area (Å²) in [7, 11) is 0. The fourth-order valence-corrected chi connectivity index (χ4v) is 2.15. The van der Waals surface area contributed by atoms with Crippen molar-refractivity contribution in [2.75, 3.05) is 26.2 Å². The predicted octanol–water partition coefficient (Wildman–Crippen LogP) is 2.47. The monoisotopic (exact) mass is 250 g/mol. The molecule has 0 aliphatic heterocycles. The molecule has 1 aromatic rings. The zero-order valence-electron chi connectivity index (χ0n) is 12.2. The summed E-state index contributed by atoms with van der Waals surface area (Å²) in [4.78, 5) is 1.70. The van der Waals surface area contributed by atoms with Gasteiger partial charge in [0.15, 0.2) is 0 Å². The van der Waals surface area contributed by atoms with E-state index in [0.717, 1.165) is 18.8 Å². The van der Waals surface area contributed by atoms with Gasteiger partial charge < -0.3 is 9.64 Å². The van der Waals surface area contributed by atoms with Crippen molar-refractivity contribution in [1.29, 1.82) is 0 Å². The second-order valence-electron chi connectivity index (χ2n) is 4.93. The van der Waals surface area contributed by atoms with Crippen molar-refractivity contribution in [2.24, 2.45) is 0 Å². The van der Waals surface area contributed by atoms with E-state index in [1.807, 2.05) is 6.07 Å². The summed E-state index contributed by atoms with van der Waals surface area (Å²) in [5.41, 5.74) is 1.26. The Balaban J connectivity index is 2.05. The van der Waals surface area contributed by atoms with E-state index in [0.29, 0.717) is 0 Å². The highest BCUT2D eigenvalue weighted by atomic mass is 16.5. The molecule has 18 heavy (non-hydrogen) atoms. The highest BCUT2D eigenvalue weighted by Gasteiger charge is 2.01. The first-order valence-corrected chi connectivity index (χ1v) is 7.29. The van der Waals surface area contributed by atoms with Gasteiger partial charge >= 0.3 is 0 Å². The van der Waals surface area contributed by atoms with Gasteiger partial charge in [0.05, 0.1) is 26.2 Å². The molecule has 0 bridgehead atoms. The summed E-state index contributed by atoms with van der Waals surface area (Å²) >= 11 is 0. The average Bonchev–Trinajstić information content (AvgIpc) is 2.38. The van der Waals surface area contributed by atoms with Gasteiger partial charge in [-0.1, -0.05) is 12.1 Å². The van der Waals surface area contributed by atoms with Crippen LogP contribution in [-0.2, 0) is 0 Å². The maximum atomic E-state index is 5.74. The highest BCUT2D eigenvalue weighted by molar-refractivity contribution is 5.27. The van der Waals surface area contributed by atoms with Crippen LogP contribution in [0.4, 0.5) is 0 Å². The summed E-state index contributed by atoms with van der Waals surface area (Å²) in [6.45, 7) is 11.3. The Kier molecular flexibility index (Phi) is 7.51. The minimum Gasteiger partial charge on any atom is -0.494 e. The molecular weight excluding hydrogens is 222 g/mol. The normalized spacial score (nSPS) is 10.9. The van der Waals surface area contributed by atoms with Gasteiger partial charge in [0.1, 0.15) is 5.75 Å². The minimum atomic E-state index is 0.844. The lowest BCUT2D eigenvalue weighted by Gasteiger charge is -2.14. The molecule has 2 heteroatoms. The Bertz CT molecular complexity index is 321. The van der Waals surface area contributed by atoms with Gasteiger partial charge in [-0.2, -0.15) is 0 Å². The fraction of sp³-hybridized carbons (Fsp3) is 0.625. The first-order chi connectivity index (χ1) is 8.76. The Hall–Kier alpha value is -1.02. The SMILES string of the molecule is CC[NH+](CC)CCCCCOc1cccc(C)c1. The second-order valence-corrected chi connectivity index (χ2v) is 4.93. The van der Waals surface area contributed by atoms with Crippen LogP contribution in [0.3, 0.4) is 0 Å². The van der Waals surface area contributed by atoms with E-state index in [1.54, 1.807) is 4.90 Å². The topological polar surface area (TPSA) is 13.7 Å². The number of unbranched alkanes of at least 4 members (excludes halogenated alkanes) is 2. The summed E-state index contributed by atoms with van der Waals surface area (Å²) in [5, 5.41) is 0. The van der Waals surface area contributed by atoms with Crippen LogP contribution in [0, 0.1) is 6.92 Å². The Morgan fingerprint density at radius 1 is 1.06 bits per heavy atom. The molecule has 2 nitrogen and oxygen atoms in total. The molecule has 0 amide bonds. The van der Waals surface area contributed by atoms with Crippen molar-refractivity contribution < 1.29 is 9.64 Å². The zero-order chi connectivity index (χ0) is 13.2. The van der Waals surface area contributed by atoms with E-state index in [9.17, 15) is 0 Å². The molecular formula is C16H28NO+. The number of rotatable bonds is 9. The maximum absolute atomic E-state index is 5.74. The highest BCUT2D eigenvalue weighted by Crippen LogP contribution is 2.12. The molecule has 0 aromatic heterocycles. The maximum Gasteiger partial charge on any atom is 0.119 e. The molecule has 0 saturated heterocycles. The molecule has 0 spiro atoms. The van der Waals surface area contributed by atoms with Gasteiger partial charge in [0.2, 0.25) is 0 Å². The lowest BCUT2D eigenvalue weighted by Crippen LogP contribution is -3.11. The predicted molar refractivity (Wildman–Crippen MR) is 77.4 cm³/mol. The van der Waals surface area contributed by atoms with Crippen LogP contribution in [0.5, 0.6) is 5.75 Å². The van der Waals surface area contributed by atoms with Crippen LogP contribution in [0.1, 0.15) is 38.7 Å². The molecule has 0 unspecified atom stereocenters. The van der Waals surface area contributed by atoms with Crippen molar-refractivity contribution in [3.05, 3.63) is 29.8 Å². The van der Waals surface area contributed by atoms with Crippen molar-refractivity contribution >= 4 is 0 Å². The third-order valence-electron chi connectivity index (χ3n) is 3.43. The number of nitrogens with one attached hydrogen (secondary N) is 1. The number of quaternary nitrogens is 1. The van der Waals surface area contributed by atoms with Crippen molar-refractivity contribution in [1.82, 2.24) is 0 Å². The molecule has 0 fully saturated rings. The van der Waals surface area contributed by atoms with Crippen LogP contribution in [0.25, 0.3) is 0 Å². The zero-order valence-corrected chi connectivity index (χ0v) is 12.2. The molecule has 0 heterocycles. The molecule has 1 aromatic carbocycles. The quantitative estimate of drug-likeness (QED) is 0.665. The van der Waals surface area contributed by atoms with Crippen LogP contribution in [0.15, 0.2) is 24.3 Å². The summed E-state index contributed by atoms with van der Waals surface area (Å²) in [6.07, 6.45) is 3.75. The van der Waals surface area contributed by atoms with Gasteiger partial charge in [-0.05, 0) is 57.7 Å². The van der Waals surface area contributed by atoms with Crippen molar-refractivity contribution in [2.45, 2.75) is 40.0 Å². The summed E-state index contributed by atoms with van der Waals surface area (Å²) in [6, 6.07) is 8.28. The Labute approximate surface area is 112 Å². The average molecular weight is 250 g/mol. The van der Waals surface area contributed by atoms with E-state index in [-0.39, 0.29) is 0 Å². The first-order valence-electron chi connectivity index (χ1n) is 7.29. The molecule has 0 aliphatic carbocycles. The number of ether oxygens (including phenoxy) is 1. The minimum absolute atomic E-state index is 0.844. The smallest absolute Gasteiger partial charge is 0.119 e. The number of benzene rings is 1. The van der Waals surface area contributed by atoms with Crippen LogP contribution >= 0.6 is 0 Å². The number of hydrogen-bond acceptors (Lipinski definition) is 1. The van der Waals surface area contributed by atoms with E-state index in [2.05, 4.69) is 39.0 Å². The van der Waals surface area contributed by atoms with E-state index in [1.165, 1.54) is 38.0 Å². The largest absolute Gasteiger partial charge is 0.494 e. The third kappa shape index (κ3) is 6.06. The molecule has 1 N–H and O–H groups in total. The lowest BCUT2D eigenvalue weighted by atomic mass is 10.2. The number of hydrogen-bond donors (Lipinski definition) is 1. The molecule has 0 atom stereocenters. The molecule has 0 radical (unpaired) electrons. The molecule has 0 aliphatic rings. The summed E-state index contributed by atoms with van der Waals surface area (Å²) < 4.78 is 5.74. The number of aryl methyl sites for hydroxylation is 1. The standard InChI is InChI=1S/C16H27NO/c1-4-17(5-2)12-7-6-8-13-18-16-11-9-10-15(3)14-16/h9-11,14H,4-8,12-13H2,1-3H3/p+1. The van der Waals surface area contributed by atoms with Crippen molar-refractivity contribution in [3.63, 3.8) is 0 Å². The van der Waals surface area contributed by atoms with Gasteiger partial charge in [-0.25, -0.2) is 0 Å². The van der Waals surface area contributed by atoms with Crippen LogP contribution in [0.2, 0.25) is 0 Å². The van der Waals surface area contributed by atoms with E-state index < -0.39 is 0 Å². The van der Waals surface area contributed by atoms with Gasteiger partial charge in [0, 0.05) is 0 Å². The van der Waals surface area contributed by atoms with Crippen LogP contribution < -0.4 is 9.64 Å². The molecule has 0 saturated carbocycles.